The largest absolute Gasteiger partial charge is 0.493 e. The minimum Gasteiger partial charge on any atom is -0.493 e. The standard InChI is InChI=1S/C21H17ClFN3O5S/c1-29-17-8-12(6-7-16(17)31-11-13-14(22)4-3-5-15(13)23)10-24-26-21-25-20(28)18(32-21)9-19(27)30-2/h3-10H,11H2,1-2H3,(H,25,26,28)/b18-9+,24-10?. The van der Waals surface area contributed by atoms with Gasteiger partial charge in [-0.2, -0.15) is 5.10 Å². The number of esters is 1. The Morgan fingerprint density at radius 1 is 1.25 bits per heavy atom. The van der Waals surface area contributed by atoms with Crippen LogP contribution in [0.1, 0.15) is 11.1 Å². The number of nitrogens with one attached hydrogen (secondary N) is 1. The van der Waals surface area contributed by atoms with E-state index in [1.54, 1.807) is 24.3 Å². The van der Waals surface area contributed by atoms with Crippen molar-refractivity contribution in [1.82, 2.24) is 5.32 Å². The third-order valence-electron chi connectivity index (χ3n) is 4.08. The number of nitrogens with zero attached hydrogens (tertiary/aromatic N) is 2. The molecule has 1 aliphatic rings. The number of hydrogen-bond acceptors (Lipinski definition) is 8. The summed E-state index contributed by atoms with van der Waals surface area (Å²) in [5, 5.41) is 10.8. The van der Waals surface area contributed by atoms with E-state index in [1.807, 2.05) is 0 Å². The normalized spacial score (nSPS) is 15.9. The van der Waals surface area contributed by atoms with Crippen LogP contribution >= 0.6 is 23.4 Å². The van der Waals surface area contributed by atoms with Crippen LogP contribution in [0.25, 0.3) is 0 Å². The Balaban J connectivity index is 1.68. The first kappa shape index (κ1) is 23.3. The molecular formula is C21H17ClFN3O5S. The monoisotopic (exact) mass is 477 g/mol. The number of rotatable bonds is 7. The fourth-order valence-corrected chi connectivity index (χ4v) is 3.45. The number of carbonyl (C=O) groups is 2. The van der Waals surface area contributed by atoms with Crippen LogP contribution in [-0.4, -0.2) is 37.5 Å². The van der Waals surface area contributed by atoms with Gasteiger partial charge in [0.05, 0.1) is 30.4 Å². The van der Waals surface area contributed by atoms with Crippen LogP contribution in [0.15, 0.2) is 57.6 Å². The molecule has 1 fully saturated rings. The van der Waals surface area contributed by atoms with Crippen molar-refractivity contribution in [3.63, 3.8) is 0 Å². The van der Waals surface area contributed by atoms with Crippen molar-refractivity contribution in [3.05, 3.63) is 69.3 Å². The summed E-state index contributed by atoms with van der Waals surface area (Å²) in [4.78, 5) is 23.2. The molecule has 3 rings (SSSR count). The molecule has 0 atom stereocenters. The van der Waals surface area contributed by atoms with E-state index in [2.05, 4.69) is 20.3 Å². The summed E-state index contributed by atoms with van der Waals surface area (Å²) in [6, 6.07) is 9.41. The van der Waals surface area contributed by atoms with Gasteiger partial charge in [-0.15, -0.1) is 5.10 Å². The average Bonchev–Trinajstić information content (AvgIpc) is 3.12. The first-order valence-corrected chi connectivity index (χ1v) is 10.2. The van der Waals surface area contributed by atoms with E-state index >= 15 is 0 Å². The molecule has 8 nitrogen and oxygen atoms in total. The van der Waals surface area contributed by atoms with Crippen LogP contribution in [0, 0.1) is 5.82 Å². The van der Waals surface area contributed by atoms with E-state index in [9.17, 15) is 14.0 Å². The van der Waals surface area contributed by atoms with Gasteiger partial charge in [-0.1, -0.05) is 17.7 Å². The van der Waals surface area contributed by atoms with Crippen LogP contribution in [0.4, 0.5) is 4.39 Å². The molecular weight excluding hydrogens is 461 g/mol. The zero-order chi connectivity index (χ0) is 23.1. The first-order chi connectivity index (χ1) is 15.4. The lowest BCUT2D eigenvalue weighted by Crippen LogP contribution is -2.19. The molecule has 0 saturated carbocycles. The number of amides is 1. The number of thioether (sulfide) groups is 1. The Bertz CT molecular complexity index is 1120. The molecule has 1 aliphatic heterocycles. The van der Waals surface area contributed by atoms with E-state index in [0.29, 0.717) is 17.1 Å². The predicted octanol–water partition coefficient (Wildman–Crippen LogP) is 3.68. The van der Waals surface area contributed by atoms with Crippen LogP contribution in [0.3, 0.4) is 0 Å². The molecule has 2 aromatic rings. The molecule has 2 aromatic carbocycles. The highest BCUT2D eigenvalue weighted by Gasteiger charge is 2.25. The molecule has 32 heavy (non-hydrogen) atoms. The van der Waals surface area contributed by atoms with Gasteiger partial charge in [-0.05, 0) is 47.7 Å². The lowest BCUT2D eigenvalue weighted by atomic mass is 10.2. The number of methoxy groups -OCH3 is 2. The highest BCUT2D eigenvalue weighted by atomic mass is 35.5. The molecule has 0 aromatic heterocycles. The third-order valence-corrected chi connectivity index (χ3v) is 5.33. The maximum Gasteiger partial charge on any atom is 0.331 e. The van der Waals surface area contributed by atoms with Crippen molar-refractivity contribution >= 4 is 46.6 Å². The summed E-state index contributed by atoms with van der Waals surface area (Å²) in [6.07, 6.45) is 2.52. The van der Waals surface area contributed by atoms with Gasteiger partial charge in [0.15, 0.2) is 16.7 Å². The second-order valence-corrected chi connectivity index (χ2v) is 7.57. The van der Waals surface area contributed by atoms with Gasteiger partial charge in [0.25, 0.3) is 5.91 Å². The average molecular weight is 478 g/mol. The van der Waals surface area contributed by atoms with Gasteiger partial charge in [0.1, 0.15) is 12.4 Å². The number of halogens is 2. The lowest BCUT2D eigenvalue weighted by molar-refractivity contribution is -0.135. The second kappa shape index (κ2) is 10.8. The maximum atomic E-state index is 13.9. The van der Waals surface area contributed by atoms with Crippen molar-refractivity contribution in [3.8, 4) is 11.5 Å². The summed E-state index contributed by atoms with van der Waals surface area (Å²) >= 11 is 6.98. The van der Waals surface area contributed by atoms with E-state index < -0.39 is 17.7 Å². The van der Waals surface area contributed by atoms with Gasteiger partial charge in [0.2, 0.25) is 0 Å². The van der Waals surface area contributed by atoms with Crippen molar-refractivity contribution in [2.75, 3.05) is 14.2 Å². The van der Waals surface area contributed by atoms with E-state index in [4.69, 9.17) is 21.1 Å². The summed E-state index contributed by atoms with van der Waals surface area (Å²) < 4.78 is 29.4. The third kappa shape index (κ3) is 5.86. The zero-order valence-corrected chi connectivity index (χ0v) is 18.5. The fraction of sp³-hybridized carbons (Fsp3) is 0.143. The van der Waals surface area contributed by atoms with Crippen LogP contribution in [0.5, 0.6) is 11.5 Å². The first-order valence-electron chi connectivity index (χ1n) is 9.05. The number of amidine groups is 1. The Morgan fingerprint density at radius 3 is 2.78 bits per heavy atom. The van der Waals surface area contributed by atoms with Gasteiger partial charge < -0.3 is 14.2 Å². The molecule has 0 spiro atoms. The Hall–Kier alpha value is -3.37. The molecule has 0 radical (unpaired) electrons. The maximum absolute atomic E-state index is 13.9. The molecule has 166 valence electrons. The number of hydrogen-bond donors (Lipinski definition) is 1. The Morgan fingerprint density at radius 2 is 2.06 bits per heavy atom. The topological polar surface area (TPSA) is 98.6 Å². The molecule has 1 heterocycles. The highest BCUT2D eigenvalue weighted by Crippen LogP contribution is 2.30. The predicted molar refractivity (Wildman–Crippen MR) is 120 cm³/mol. The molecule has 1 N–H and O–H groups in total. The van der Waals surface area contributed by atoms with Gasteiger partial charge in [0, 0.05) is 11.6 Å². The summed E-state index contributed by atoms with van der Waals surface area (Å²) in [5.41, 5.74) is 0.886. The van der Waals surface area contributed by atoms with Gasteiger partial charge in [-0.25, -0.2) is 9.18 Å². The van der Waals surface area contributed by atoms with Crippen LogP contribution < -0.4 is 14.8 Å². The van der Waals surface area contributed by atoms with Crippen molar-refractivity contribution in [1.29, 1.82) is 0 Å². The van der Waals surface area contributed by atoms with E-state index in [1.165, 1.54) is 32.6 Å². The SMILES string of the molecule is COC(=O)/C=C1/S/C(=N\N=Cc2ccc(OCc3c(F)cccc3Cl)c(OC)c2)NC1=O. The number of ether oxygens (including phenoxy) is 3. The minimum atomic E-state index is -0.640. The molecule has 0 unspecified atom stereocenters. The Kier molecular flexibility index (Phi) is 7.85. The molecule has 11 heteroatoms. The zero-order valence-electron chi connectivity index (χ0n) is 16.9. The highest BCUT2D eigenvalue weighted by molar-refractivity contribution is 8.18. The second-order valence-electron chi connectivity index (χ2n) is 6.14. The summed E-state index contributed by atoms with van der Waals surface area (Å²) in [6.45, 7) is -0.0682. The van der Waals surface area contributed by atoms with Gasteiger partial charge >= 0.3 is 5.97 Å². The van der Waals surface area contributed by atoms with E-state index in [0.717, 1.165) is 17.8 Å². The van der Waals surface area contributed by atoms with E-state index in [-0.39, 0.29) is 27.3 Å². The minimum absolute atomic E-state index is 0.0682. The number of benzene rings is 2. The number of carbonyl (C=O) groups excluding carboxylic acids is 2. The molecule has 0 aliphatic carbocycles. The molecule has 1 saturated heterocycles. The lowest BCUT2D eigenvalue weighted by Gasteiger charge is -2.12. The van der Waals surface area contributed by atoms with Crippen molar-refractivity contribution in [2.24, 2.45) is 10.2 Å². The fourth-order valence-electron chi connectivity index (χ4n) is 2.49. The van der Waals surface area contributed by atoms with Crippen LogP contribution in [0.2, 0.25) is 5.02 Å². The summed E-state index contributed by atoms with van der Waals surface area (Å²) in [7, 11) is 2.69. The van der Waals surface area contributed by atoms with Crippen LogP contribution in [-0.2, 0) is 20.9 Å². The summed E-state index contributed by atoms with van der Waals surface area (Å²) in [5.74, 6) is -0.764. The molecule has 0 bridgehead atoms. The molecule has 1 amide bonds. The quantitative estimate of drug-likeness (QED) is 0.283. The van der Waals surface area contributed by atoms with Gasteiger partial charge in [-0.3, -0.25) is 10.1 Å². The smallest absolute Gasteiger partial charge is 0.331 e. The Labute approximate surface area is 192 Å². The van der Waals surface area contributed by atoms with Crippen molar-refractivity contribution < 1.29 is 28.2 Å². The van der Waals surface area contributed by atoms with Crippen molar-refractivity contribution in [2.45, 2.75) is 6.61 Å².